The Morgan fingerprint density at radius 1 is 0.971 bits per heavy atom. The first-order chi connectivity index (χ1) is 17.0. The zero-order chi connectivity index (χ0) is 24.4. The summed E-state index contributed by atoms with van der Waals surface area (Å²) in [6, 6.07) is 6.13. The molecule has 10 nitrogen and oxygen atoms in total. The predicted octanol–water partition coefficient (Wildman–Crippen LogP) is 2.59. The first-order valence-electron chi connectivity index (χ1n) is 12.0. The highest BCUT2D eigenvalue weighted by Gasteiger charge is 2.26. The van der Waals surface area contributed by atoms with E-state index in [2.05, 4.69) is 42.9 Å². The third kappa shape index (κ3) is 4.68. The first-order valence-corrected chi connectivity index (χ1v) is 12.0. The monoisotopic (exact) mass is 471 g/mol. The van der Waals surface area contributed by atoms with Crippen LogP contribution in [-0.2, 0) is 13.0 Å². The lowest BCUT2D eigenvalue weighted by Crippen LogP contribution is -2.49. The van der Waals surface area contributed by atoms with E-state index in [1.807, 2.05) is 41.8 Å². The van der Waals surface area contributed by atoms with E-state index >= 15 is 0 Å². The summed E-state index contributed by atoms with van der Waals surface area (Å²) >= 11 is 0. The highest BCUT2D eigenvalue weighted by molar-refractivity contribution is 5.95. The largest absolute Gasteiger partial charge is 0.352 e. The Morgan fingerprint density at radius 3 is 2.54 bits per heavy atom. The second kappa shape index (κ2) is 9.73. The summed E-state index contributed by atoms with van der Waals surface area (Å²) in [6.07, 6.45) is 7.06. The molecular weight excluding hydrogens is 442 g/mol. The van der Waals surface area contributed by atoms with Gasteiger partial charge in [-0.2, -0.15) is 5.10 Å². The van der Waals surface area contributed by atoms with E-state index in [0.717, 1.165) is 41.1 Å². The number of aromatic nitrogens is 7. The van der Waals surface area contributed by atoms with E-state index < -0.39 is 0 Å². The van der Waals surface area contributed by atoms with Crippen LogP contribution in [0.15, 0.2) is 36.9 Å². The zero-order valence-electron chi connectivity index (χ0n) is 20.3. The van der Waals surface area contributed by atoms with Gasteiger partial charge in [-0.3, -0.25) is 9.78 Å². The van der Waals surface area contributed by atoms with Crippen LogP contribution in [0.25, 0.3) is 11.0 Å². The van der Waals surface area contributed by atoms with Crippen molar-refractivity contribution >= 4 is 22.8 Å². The Hall–Kier alpha value is -3.95. The molecule has 0 aliphatic carbocycles. The summed E-state index contributed by atoms with van der Waals surface area (Å²) in [5, 5.41) is 5.49. The number of pyridine rings is 1. The molecule has 1 aliphatic rings. The molecule has 5 heterocycles. The molecule has 4 aromatic heterocycles. The van der Waals surface area contributed by atoms with E-state index in [1.54, 1.807) is 12.5 Å². The Kier molecular flexibility index (Phi) is 6.35. The molecule has 0 atom stereocenters. The summed E-state index contributed by atoms with van der Waals surface area (Å²) in [7, 11) is 0. The van der Waals surface area contributed by atoms with Crippen molar-refractivity contribution < 1.29 is 4.79 Å². The number of piperazine rings is 1. The van der Waals surface area contributed by atoms with Crippen LogP contribution in [0.5, 0.6) is 0 Å². The Morgan fingerprint density at radius 2 is 1.77 bits per heavy atom. The average Bonchev–Trinajstić information content (AvgIpc) is 3.27. The van der Waals surface area contributed by atoms with Gasteiger partial charge in [-0.1, -0.05) is 19.4 Å². The molecule has 0 aromatic carbocycles. The van der Waals surface area contributed by atoms with Crippen LogP contribution in [-0.4, -0.2) is 71.7 Å². The fourth-order valence-electron chi connectivity index (χ4n) is 4.50. The Bertz CT molecular complexity index is 1360. The highest BCUT2D eigenvalue weighted by atomic mass is 16.2. The Labute approximate surface area is 204 Å². The molecule has 1 saturated heterocycles. The topological polar surface area (TPSA) is 106 Å². The molecule has 1 fully saturated rings. The van der Waals surface area contributed by atoms with Crippen molar-refractivity contribution in [3.8, 4) is 0 Å². The number of hydrogen-bond donors (Lipinski definition) is 0. The van der Waals surface area contributed by atoms with E-state index in [9.17, 15) is 4.79 Å². The maximum absolute atomic E-state index is 13.0. The van der Waals surface area contributed by atoms with Crippen LogP contribution < -0.4 is 4.90 Å². The third-order valence-electron chi connectivity index (χ3n) is 6.29. The molecule has 10 heteroatoms. The van der Waals surface area contributed by atoms with Crippen molar-refractivity contribution in [2.24, 2.45) is 0 Å². The molecule has 0 saturated carbocycles. The van der Waals surface area contributed by atoms with Gasteiger partial charge in [0.1, 0.15) is 18.0 Å². The van der Waals surface area contributed by atoms with E-state index in [-0.39, 0.29) is 5.91 Å². The summed E-state index contributed by atoms with van der Waals surface area (Å²) < 4.78 is 1.87. The van der Waals surface area contributed by atoms with Gasteiger partial charge in [0.2, 0.25) is 0 Å². The van der Waals surface area contributed by atoms with Gasteiger partial charge in [-0.05, 0) is 32.4 Å². The van der Waals surface area contributed by atoms with Crippen molar-refractivity contribution in [1.29, 1.82) is 0 Å². The van der Waals surface area contributed by atoms with E-state index in [4.69, 9.17) is 4.98 Å². The molecule has 35 heavy (non-hydrogen) atoms. The maximum atomic E-state index is 13.0. The lowest BCUT2D eigenvalue weighted by atomic mass is 10.2. The van der Waals surface area contributed by atoms with Crippen molar-refractivity contribution in [2.75, 3.05) is 31.1 Å². The number of carbonyl (C=O) groups is 1. The summed E-state index contributed by atoms with van der Waals surface area (Å²) in [6.45, 7) is 8.93. The molecule has 4 aromatic rings. The van der Waals surface area contributed by atoms with Crippen LogP contribution >= 0.6 is 0 Å². The van der Waals surface area contributed by atoms with Crippen molar-refractivity contribution in [2.45, 2.75) is 40.2 Å². The number of aryl methyl sites for hydroxylation is 3. The van der Waals surface area contributed by atoms with E-state index in [0.29, 0.717) is 49.8 Å². The number of amides is 1. The summed E-state index contributed by atoms with van der Waals surface area (Å²) in [5.74, 6) is 1.48. The van der Waals surface area contributed by atoms with Crippen molar-refractivity contribution in [1.82, 2.24) is 39.6 Å². The standard InChI is InChI=1S/C25H29N9O/c1-4-6-19-7-5-8-20(31-19)15-34-24-22(14-29-34)23(27-16-28-24)32-9-11-33(12-10-32)25(35)21-13-26-18(3)30-17(21)2/h5,7-8,13-14,16H,4,6,9-12,15H2,1-3H3. The van der Waals surface area contributed by atoms with Gasteiger partial charge in [0.15, 0.2) is 5.65 Å². The smallest absolute Gasteiger partial charge is 0.257 e. The quantitative estimate of drug-likeness (QED) is 0.422. The average molecular weight is 472 g/mol. The minimum Gasteiger partial charge on any atom is -0.352 e. The summed E-state index contributed by atoms with van der Waals surface area (Å²) in [4.78, 5) is 39.4. The van der Waals surface area contributed by atoms with Crippen LogP contribution in [0.2, 0.25) is 0 Å². The number of fused-ring (bicyclic) bond motifs is 1. The van der Waals surface area contributed by atoms with Gasteiger partial charge in [-0.25, -0.2) is 24.6 Å². The lowest BCUT2D eigenvalue weighted by molar-refractivity contribution is 0.0745. The molecule has 0 spiro atoms. The third-order valence-corrected chi connectivity index (χ3v) is 6.29. The van der Waals surface area contributed by atoms with Crippen LogP contribution in [0.4, 0.5) is 5.82 Å². The zero-order valence-corrected chi connectivity index (χ0v) is 20.3. The van der Waals surface area contributed by atoms with Gasteiger partial charge < -0.3 is 9.80 Å². The van der Waals surface area contributed by atoms with Gasteiger partial charge in [-0.15, -0.1) is 0 Å². The van der Waals surface area contributed by atoms with Gasteiger partial charge >= 0.3 is 0 Å². The normalized spacial score (nSPS) is 14.0. The minimum atomic E-state index is -0.0272. The molecule has 5 rings (SSSR count). The number of hydrogen-bond acceptors (Lipinski definition) is 8. The molecule has 1 aliphatic heterocycles. The van der Waals surface area contributed by atoms with Crippen LogP contribution in [0.3, 0.4) is 0 Å². The minimum absolute atomic E-state index is 0.0272. The maximum Gasteiger partial charge on any atom is 0.257 e. The molecule has 0 bridgehead atoms. The number of carbonyl (C=O) groups excluding carboxylic acids is 1. The van der Waals surface area contributed by atoms with Crippen molar-refractivity contribution in [3.63, 3.8) is 0 Å². The molecule has 180 valence electrons. The molecule has 0 unspecified atom stereocenters. The molecule has 0 N–H and O–H groups in total. The van der Waals surface area contributed by atoms with E-state index in [1.165, 1.54) is 0 Å². The highest BCUT2D eigenvalue weighted by Crippen LogP contribution is 2.24. The second-order valence-corrected chi connectivity index (χ2v) is 8.80. The molecule has 1 amide bonds. The fourth-order valence-corrected chi connectivity index (χ4v) is 4.50. The van der Waals surface area contributed by atoms with Crippen LogP contribution in [0.1, 0.15) is 46.6 Å². The SMILES string of the molecule is CCCc1cccc(Cn2ncc3c(N4CCN(C(=O)c5cnc(C)nc5C)CC4)ncnc32)n1. The van der Waals surface area contributed by atoms with Gasteiger partial charge in [0.25, 0.3) is 5.91 Å². The van der Waals surface area contributed by atoms with Gasteiger partial charge in [0, 0.05) is 38.1 Å². The predicted molar refractivity (Wildman–Crippen MR) is 132 cm³/mol. The van der Waals surface area contributed by atoms with Gasteiger partial charge in [0.05, 0.1) is 35.1 Å². The molecular formula is C25H29N9O. The summed E-state index contributed by atoms with van der Waals surface area (Å²) in [5.41, 5.74) is 4.11. The second-order valence-electron chi connectivity index (χ2n) is 8.80. The van der Waals surface area contributed by atoms with Crippen molar-refractivity contribution in [3.05, 3.63) is 65.4 Å². The molecule has 0 radical (unpaired) electrons. The number of rotatable bonds is 6. The Balaban J connectivity index is 1.31. The lowest BCUT2D eigenvalue weighted by Gasteiger charge is -2.35. The van der Waals surface area contributed by atoms with Crippen LogP contribution in [0, 0.1) is 13.8 Å². The first kappa shape index (κ1) is 22.8. The number of anilines is 1. The number of nitrogens with zero attached hydrogens (tertiary/aromatic N) is 9. The fraction of sp³-hybridized carbons (Fsp3) is 0.400.